The molecular formula is C21H30N4O2S. The Kier molecular flexibility index (Phi) is 7.36. The van der Waals surface area contributed by atoms with E-state index in [1.165, 1.54) is 37.4 Å². The number of aromatic nitrogens is 3. The molecule has 1 N–H and O–H groups in total. The number of hydrogen-bond donors (Lipinski definition) is 1. The third kappa shape index (κ3) is 5.74. The maximum absolute atomic E-state index is 12.3. The first-order chi connectivity index (χ1) is 13.5. The molecule has 0 aliphatic heterocycles. The average Bonchev–Trinajstić information content (AvgIpc) is 2.85. The number of thioether (sulfide) groups is 1. The van der Waals surface area contributed by atoms with Crippen LogP contribution in [0.2, 0.25) is 0 Å². The molecule has 1 fully saturated rings. The van der Waals surface area contributed by atoms with Crippen LogP contribution in [-0.4, -0.2) is 32.5 Å². The van der Waals surface area contributed by atoms with E-state index in [9.17, 15) is 4.79 Å². The van der Waals surface area contributed by atoms with Gasteiger partial charge in [-0.3, -0.25) is 4.79 Å². The predicted octanol–water partition coefficient (Wildman–Crippen LogP) is 4.19. The molecule has 0 radical (unpaired) electrons. The first kappa shape index (κ1) is 20.7. The van der Waals surface area contributed by atoms with Crippen LogP contribution in [0.5, 0.6) is 5.75 Å². The summed E-state index contributed by atoms with van der Waals surface area (Å²) in [6.07, 6.45) is 6.95. The van der Waals surface area contributed by atoms with Crippen molar-refractivity contribution >= 4 is 17.7 Å². The fourth-order valence-corrected chi connectivity index (χ4v) is 4.30. The summed E-state index contributed by atoms with van der Waals surface area (Å²) in [7, 11) is 1.91. The van der Waals surface area contributed by atoms with Crippen LogP contribution in [0.4, 0.5) is 0 Å². The number of rotatable bonds is 7. The van der Waals surface area contributed by atoms with E-state index in [1.807, 2.05) is 49.7 Å². The van der Waals surface area contributed by atoms with Crippen molar-refractivity contribution in [2.24, 2.45) is 7.05 Å². The van der Waals surface area contributed by atoms with Gasteiger partial charge in [0.1, 0.15) is 5.75 Å². The first-order valence-electron chi connectivity index (χ1n) is 10.1. The third-order valence-electron chi connectivity index (χ3n) is 5.09. The maximum atomic E-state index is 12.3. The molecule has 1 saturated carbocycles. The normalized spacial score (nSPS) is 16.4. The van der Waals surface area contributed by atoms with Crippen LogP contribution in [0.1, 0.15) is 62.9 Å². The highest BCUT2D eigenvalue weighted by atomic mass is 32.2. The SMILES string of the molecule is Cc1cccc(OC(C)c2nnc(SCC(=O)NC3CCCCCC3)n2C)c1. The Balaban J connectivity index is 1.53. The molecule has 1 heterocycles. The molecule has 6 nitrogen and oxygen atoms in total. The van der Waals surface area contributed by atoms with Gasteiger partial charge >= 0.3 is 0 Å². The van der Waals surface area contributed by atoms with E-state index in [0.29, 0.717) is 11.8 Å². The van der Waals surface area contributed by atoms with Crippen molar-refractivity contribution in [1.29, 1.82) is 0 Å². The molecular weight excluding hydrogens is 372 g/mol. The molecule has 28 heavy (non-hydrogen) atoms. The fourth-order valence-electron chi connectivity index (χ4n) is 3.57. The highest BCUT2D eigenvalue weighted by molar-refractivity contribution is 7.99. The molecule has 1 aliphatic carbocycles. The maximum Gasteiger partial charge on any atom is 0.230 e. The van der Waals surface area contributed by atoms with Crippen molar-refractivity contribution in [1.82, 2.24) is 20.1 Å². The lowest BCUT2D eigenvalue weighted by molar-refractivity contribution is -0.119. The molecule has 1 unspecified atom stereocenters. The van der Waals surface area contributed by atoms with Gasteiger partial charge in [-0.25, -0.2) is 0 Å². The lowest BCUT2D eigenvalue weighted by Gasteiger charge is -2.16. The molecule has 1 amide bonds. The van der Waals surface area contributed by atoms with Crippen molar-refractivity contribution in [3.8, 4) is 5.75 Å². The topological polar surface area (TPSA) is 69.0 Å². The van der Waals surface area contributed by atoms with E-state index in [-0.39, 0.29) is 12.0 Å². The molecule has 1 aromatic heterocycles. The van der Waals surface area contributed by atoms with Gasteiger partial charge in [-0.15, -0.1) is 10.2 Å². The van der Waals surface area contributed by atoms with Crippen LogP contribution >= 0.6 is 11.8 Å². The zero-order valence-electron chi connectivity index (χ0n) is 17.0. The molecule has 2 aromatic rings. The number of nitrogens with zero attached hydrogens (tertiary/aromatic N) is 3. The van der Waals surface area contributed by atoms with Gasteiger partial charge in [0, 0.05) is 13.1 Å². The lowest BCUT2D eigenvalue weighted by atomic mass is 10.1. The van der Waals surface area contributed by atoms with Gasteiger partial charge in [-0.1, -0.05) is 49.6 Å². The van der Waals surface area contributed by atoms with Gasteiger partial charge in [0.15, 0.2) is 17.1 Å². The summed E-state index contributed by atoms with van der Waals surface area (Å²) in [4.78, 5) is 12.3. The largest absolute Gasteiger partial charge is 0.483 e. The molecule has 152 valence electrons. The summed E-state index contributed by atoms with van der Waals surface area (Å²) in [5.74, 6) is 1.99. The quantitative estimate of drug-likeness (QED) is 0.555. The van der Waals surface area contributed by atoms with Gasteiger partial charge in [0.05, 0.1) is 5.75 Å². The summed E-state index contributed by atoms with van der Waals surface area (Å²) >= 11 is 1.42. The van der Waals surface area contributed by atoms with Crippen molar-refractivity contribution in [2.45, 2.75) is 69.7 Å². The number of carbonyl (C=O) groups is 1. The Morgan fingerprint density at radius 3 is 2.75 bits per heavy atom. The second-order valence-electron chi connectivity index (χ2n) is 7.52. The monoisotopic (exact) mass is 402 g/mol. The number of hydrogen-bond acceptors (Lipinski definition) is 5. The van der Waals surface area contributed by atoms with E-state index in [2.05, 4.69) is 15.5 Å². The highest BCUT2D eigenvalue weighted by Crippen LogP contribution is 2.24. The molecule has 0 saturated heterocycles. The molecule has 3 rings (SSSR count). The summed E-state index contributed by atoms with van der Waals surface area (Å²) < 4.78 is 7.91. The van der Waals surface area contributed by atoms with Crippen LogP contribution in [0, 0.1) is 6.92 Å². The molecule has 0 spiro atoms. The minimum atomic E-state index is -0.228. The van der Waals surface area contributed by atoms with E-state index >= 15 is 0 Å². The second-order valence-corrected chi connectivity index (χ2v) is 8.46. The highest BCUT2D eigenvalue weighted by Gasteiger charge is 2.19. The molecule has 0 bridgehead atoms. The number of nitrogens with one attached hydrogen (secondary N) is 1. The average molecular weight is 403 g/mol. The zero-order valence-corrected chi connectivity index (χ0v) is 17.8. The van der Waals surface area contributed by atoms with E-state index in [1.54, 1.807) is 0 Å². The van der Waals surface area contributed by atoms with Gasteiger partial charge in [-0.05, 0) is 44.4 Å². The summed E-state index contributed by atoms with van der Waals surface area (Å²) in [6.45, 7) is 3.99. The minimum Gasteiger partial charge on any atom is -0.483 e. The number of benzene rings is 1. The fraction of sp³-hybridized carbons (Fsp3) is 0.571. The van der Waals surface area contributed by atoms with E-state index in [0.717, 1.165) is 35.1 Å². The van der Waals surface area contributed by atoms with Gasteiger partial charge in [0.2, 0.25) is 5.91 Å². The molecule has 7 heteroatoms. The number of carbonyl (C=O) groups excluding carboxylic acids is 1. The number of aryl methyl sites for hydroxylation is 1. The Hall–Kier alpha value is -2.02. The van der Waals surface area contributed by atoms with Crippen LogP contribution < -0.4 is 10.1 Å². The lowest BCUT2D eigenvalue weighted by Crippen LogP contribution is -2.35. The van der Waals surface area contributed by atoms with Crippen molar-refractivity contribution in [3.05, 3.63) is 35.7 Å². The summed E-state index contributed by atoms with van der Waals surface area (Å²) in [5, 5.41) is 12.4. The standard InChI is InChI=1S/C21H30N4O2S/c1-15-9-8-12-18(13-15)27-16(2)20-23-24-21(25(20)3)28-14-19(26)22-17-10-6-4-5-7-11-17/h8-9,12-13,16-17H,4-7,10-11,14H2,1-3H3,(H,22,26). The molecule has 1 aliphatic rings. The summed E-state index contributed by atoms with van der Waals surface area (Å²) in [6, 6.07) is 8.28. The number of amides is 1. The van der Waals surface area contributed by atoms with Crippen molar-refractivity contribution in [2.75, 3.05) is 5.75 Å². The second kappa shape index (κ2) is 9.96. The van der Waals surface area contributed by atoms with Crippen LogP contribution in [0.25, 0.3) is 0 Å². The summed E-state index contributed by atoms with van der Waals surface area (Å²) in [5.41, 5.74) is 1.15. The van der Waals surface area contributed by atoms with Crippen LogP contribution in [0.3, 0.4) is 0 Å². The van der Waals surface area contributed by atoms with Crippen molar-refractivity contribution < 1.29 is 9.53 Å². The van der Waals surface area contributed by atoms with Gasteiger partial charge < -0.3 is 14.6 Å². The van der Waals surface area contributed by atoms with E-state index < -0.39 is 0 Å². The number of ether oxygens (including phenoxy) is 1. The minimum absolute atomic E-state index is 0.0745. The zero-order chi connectivity index (χ0) is 19.9. The smallest absolute Gasteiger partial charge is 0.230 e. The van der Waals surface area contributed by atoms with Crippen LogP contribution in [-0.2, 0) is 11.8 Å². The predicted molar refractivity (Wildman–Crippen MR) is 112 cm³/mol. The third-order valence-corrected chi connectivity index (χ3v) is 6.11. The van der Waals surface area contributed by atoms with Crippen molar-refractivity contribution in [3.63, 3.8) is 0 Å². The molecule has 1 aromatic carbocycles. The Bertz CT molecular complexity index is 784. The van der Waals surface area contributed by atoms with Gasteiger partial charge in [-0.2, -0.15) is 0 Å². The first-order valence-corrected chi connectivity index (χ1v) is 11.1. The Morgan fingerprint density at radius 2 is 2.04 bits per heavy atom. The Labute approximate surface area is 171 Å². The Morgan fingerprint density at radius 1 is 1.29 bits per heavy atom. The molecule has 1 atom stereocenters. The van der Waals surface area contributed by atoms with Crippen LogP contribution in [0.15, 0.2) is 29.4 Å². The van der Waals surface area contributed by atoms with Gasteiger partial charge in [0.25, 0.3) is 0 Å². The van der Waals surface area contributed by atoms with E-state index in [4.69, 9.17) is 4.74 Å².